The van der Waals surface area contributed by atoms with Crippen molar-refractivity contribution in [2.24, 2.45) is 0 Å². The highest BCUT2D eigenvalue weighted by atomic mass is 32.1. The Kier molecular flexibility index (Phi) is 6.44. The summed E-state index contributed by atoms with van der Waals surface area (Å²) < 4.78 is 23.8. The van der Waals surface area contributed by atoms with Crippen LogP contribution in [0, 0.1) is 0 Å². The Labute approximate surface area is 159 Å². The quantitative estimate of drug-likeness (QED) is 0.397. The third kappa shape index (κ3) is 4.52. The summed E-state index contributed by atoms with van der Waals surface area (Å²) >= 11 is 1.61. The molecule has 0 saturated carbocycles. The first-order valence-electron chi connectivity index (χ1n) is 8.74. The number of thiophene rings is 1. The average molecular weight is 386 g/mol. The molecular formula is C21H23O3PS. The molecule has 0 spiro atoms. The molecule has 0 N–H and O–H groups in total. The van der Waals surface area contributed by atoms with Gasteiger partial charge in [0.15, 0.2) is 0 Å². The van der Waals surface area contributed by atoms with Gasteiger partial charge in [-0.2, -0.15) is 11.3 Å². The Morgan fingerprint density at radius 2 is 1.38 bits per heavy atom. The smallest absolute Gasteiger partial charge is 0.309 e. The third-order valence-electron chi connectivity index (χ3n) is 4.06. The van der Waals surface area contributed by atoms with Crippen molar-refractivity contribution in [2.75, 3.05) is 13.2 Å². The van der Waals surface area contributed by atoms with Crippen molar-refractivity contribution in [3.63, 3.8) is 0 Å². The molecule has 3 aromatic rings. The van der Waals surface area contributed by atoms with Crippen LogP contribution in [0.4, 0.5) is 0 Å². The zero-order chi connectivity index (χ0) is 18.4. The highest BCUT2D eigenvalue weighted by Crippen LogP contribution is 2.52. The molecule has 2 aromatic carbocycles. The molecule has 26 heavy (non-hydrogen) atoms. The van der Waals surface area contributed by atoms with E-state index in [9.17, 15) is 4.57 Å². The lowest BCUT2D eigenvalue weighted by Crippen LogP contribution is -1.99. The second kappa shape index (κ2) is 8.79. The molecule has 1 heterocycles. The highest BCUT2D eigenvalue weighted by molar-refractivity contribution is 7.53. The van der Waals surface area contributed by atoms with Crippen LogP contribution in [0.15, 0.2) is 65.4 Å². The van der Waals surface area contributed by atoms with Crippen LogP contribution in [0.1, 0.15) is 19.4 Å². The molecule has 0 unspecified atom stereocenters. The molecule has 0 radical (unpaired) electrons. The van der Waals surface area contributed by atoms with Crippen LogP contribution in [-0.2, 0) is 19.8 Å². The minimum Gasteiger partial charge on any atom is -0.309 e. The molecule has 0 aliphatic carbocycles. The van der Waals surface area contributed by atoms with Gasteiger partial charge in [-0.15, -0.1) is 0 Å². The van der Waals surface area contributed by atoms with Crippen LogP contribution < -0.4 is 0 Å². The maximum Gasteiger partial charge on any atom is 0.335 e. The van der Waals surface area contributed by atoms with E-state index >= 15 is 0 Å². The molecule has 0 amide bonds. The van der Waals surface area contributed by atoms with Gasteiger partial charge in [-0.05, 0) is 52.4 Å². The topological polar surface area (TPSA) is 35.5 Å². The Morgan fingerprint density at radius 3 is 2.00 bits per heavy atom. The monoisotopic (exact) mass is 386 g/mol. The summed E-state index contributed by atoms with van der Waals surface area (Å²) in [7, 11) is -3.11. The lowest BCUT2D eigenvalue weighted by Gasteiger charge is -2.17. The van der Waals surface area contributed by atoms with Crippen LogP contribution in [0.2, 0.25) is 0 Å². The molecule has 0 bridgehead atoms. The van der Waals surface area contributed by atoms with Gasteiger partial charge in [0.05, 0.1) is 19.4 Å². The van der Waals surface area contributed by atoms with Crippen LogP contribution >= 0.6 is 18.9 Å². The fourth-order valence-corrected chi connectivity index (χ4v) is 5.62. The Bertz CT molecular complexity index is 862. The van der Waals surface area contributed by atoms with E-state index in [2.05, 4.69) is 41.8 Å². The molecular weight excluding hydrogens is 363 g/mol. The minimum atomic E-state index is -3.11. The third-order valence-corrected chi connectivity index (χ3v) is 6.88. The van der Waals surface area contributed by atoms with Gasteiger partial charge in [0.1, 0.15) is 0 Å². The molecule has 1 aromatic heterocycles. The van der Waals surface area contributed by atoms with Crippen molar-refractivity contribution in [3.05, 3.63) is 70.9 Å². The van der Waals surface area contributed by atoms with Crippen molar-refractivity contribution < 1.29 is 13.6 Å². The van der Waals surface area contributed by atoms with Crippen molar-refractivity contribution in [2.45, 2.75) is 20.0 Å². The predicted octanol–water partition coefficient (Wildman–Crippen LogP) is 6.85. The molecule has 0 aliphatic rings. The zero-order valence-electron chi connectivity index (χ0n) is 15.1. The summed E-state index contributed by atoms with van der Waals surface area (Å²) in [6.45, 7) is 4.43. The van der Waals surface area contributed by atoms with Crippen molar-refractivity contribution in [1.29, 1.82) is 0 Å². The Morgan fingerprint density at radius 1 is 0.808 bits per heavy atom. The molecule has 0 saturated heterocycles. The standard InChI is InChI=1S/C21H23O3PS/c1-3-23-25(22,24-4-2)14-20-15-26-16-21(20)19-12-10-18(11-13-19)17-8-6-5-7-9-17/h5-13,15-16H,3-4,14H2,1-2H3. The largest absolute Gasteiger partial charge is 0.335 e. The molecule has 5 heteroatoms. The number of benzene rings is 2. The zero-order valence-corrected chi connectivity index (χ0v) is 16.8. The van der Waals surface area contributed by atoms with E-state index < -0.39 is 7.60 Å². The van der Waals surface area contributed by atoms with Gasteiger partial charge >= 0.3 is 7.60 Å². The summed E-state index contributed by atoms with van der Waals surface area (Å²) in [6.07, 6.45) is 0.300. The van der Waals surface area contributed by atoms with Gasteiger partial charge < -0.3 is 9.05 Å². The first-order valence-corrected chi connectivity index (χ1v) is 11.4. The fourth-order valence-electron chi connectivity index (χ4n) is 2.90. The van der Waals surface area contributed by atoms with Gasteiger partial charge in [0, 0.05) is 0 Å². The lowest BCUT2D eigenvalue weighted by atomic mass is 10.0. The minimum absolute atomic E-state index is 0.300. The van der Waals surface area contributed by atoms with Crippen molar-refractivity contribution in [1.82, 2.24) is 0 Å². The summed E-state index contributed by atoms with van der Waals surface area (Å²) in [5.74, 6) is 0. The lowest BCUT2D eigenvalue weighted by molar-refractivity contribution is 0.219. The van der Waals surface area contributed by atoms with Gasteiger partial charge in [0.25, 0.3) is 0 Å². The van der Waals surface area contributed by atoms with Gasteiger partial charge in [0.2, 0.25) is 0 Å². The first kappa shape index (κ1) is 19.1. The summed E-state index contributed by atoms with van der Waals surface area (Å²) in [4.78, 5) is 0. The van der Waals surface area contributed by atoms with E-state index in [1.165, 1.54) is 11.1 Å². The molecule has 0 atom stereocenters. The number of rotatable bonds is 8. The SMILES string of the molecule is CCOP(=O)(Cc1cscc1-c1ccc(-c2ccccc2)cc1)OCC. The summed E-state index contributed by atoms with van der Waals surface area (Å²) in [6, 6.07) is 18.8. The second-order valence-electron chi connectivity index (χ2n) is 5.86. The maximum atomic E-state index is 12.9. The van der Waals surface area contributed by atoms with E-state index in [0.717, 1.165) is 16.7 Å². The van der Waals surface area contributed by atoms with Gasteiger partial charge in [-0.1, -0.05) is 54.6 Å². The normalized spacial score (nSPS) is 11.6. The molecule has 136 valence electrons. The Hall–Kier alpha value is -1.71. The molecule has 0 aliphatic heterocycles. The maximum absolute atomic E-state index is 12.9. The van der Waals surface area contributed by atoms with Crippen LogP contribution in [0.5, 0.6) is 0 Å². The predicted molar refractivity (Wildman–Crippen MR) is 110 cm³/mol. The molecule has 0 fully saturated rings. The first-order chi connectivity index (χ1) is 12.6. The van der Waals surface area contributed by atoms with Crippen LogP contribution in [0.25, 0.3) is 22.3 Å². The molecule has 3 nitrogen and oxygen atoms in total. The van der Waals surface area contributed by atoms with Gasteiger partial charge in [-0.3, -0.25) is 4.57 Å². The van der Waals surface area contributed by atoms with E-state index in [4.69, 9.17) is 9.05 Å². The molecule has 3 rings (SSSR count). The summed E-state index contributed by atoms with van der Waals surface area (Å²) in [5.41, 5.74) is 5.59. The Balaban J connectivity index is 1.85. The van der Waals surface area contributed by atoms with E-state index in [-0.39, 0.29) is 0 Å². The van der Waals surface area contributed by atoms with Crippen LogP contribution in [-0.4, -0.2) is 13.2 Å². The second-order valence-corrected chi connectivity index (χ2v) is 8.66. The van der Waals surface area contributed by atoms with Gasteiger partial charge in [-0.25, -0.2) is 0 Å². The number of hydrogen-bond donors (Lipinski definition) is 0. The number of hydrogen-bond acceptors (Lipinski definition) is 4. The van der Waals surface area contributed by atoms with E-state index in [1.807, 2.05) is 37.4 Å². The highest BCUT2D eigenvalue weighted by Gasteiger charge is 2.26. The van der Waals surface area contributed by atoms with E-state index in [1.54, 1.807) is 11.3 Å². The van der Waals surface area contributed by atoms with Crippen LogP contribution in [0.3, 0.4) is 0 Å². The summed E-state index contributed by atoms with van der Waals surface area (Å²) in [5, 5.41) is 4.13. The fraction of sp³-hybridized carbons (Fsp3) is 0.238. The van der Waals surface area contributed by atoms with Crippen molar-refractivity contribution >= 4 is 18.9 Å². The average Bonchev–Trinajstić information content (AvgIpc) is 3.10. The van der Waals surface area contributed by atoms with Crippen molar-refractivity contribution in [3.8, 4) is 22.3 Å². The van der Waals surface area contributed by atoms with E-state index in [0.29, 0.717) is 19.4 Å².